The molecule has 0 bridgehead atoms. The van der Waals surface area contributed by atoms with Crippen molar-refractivity contribution in [2.24, 2.45) is 0 Å². The van der Waals surface area contributed by atoms with Crippen molar-refractivity contribution in [1.29, 1.82) is 0 Å². The Kier molecular flexibility index (Phi) is 6.85. The zero-order valence-electron chi connectivity index (χ0n) is 11.6. The molecule has 1 rings (SSSR count). The van der Waals surface area contributed by atoms with Crippen LogP contribution in [0.3, 0.4) is 0 Å². The van der Waals surface area contributed by atoms with Crippen LogP contribution in [-0.2, 0) is 10.0 Å². The average Bonchev–Trinajstić information content (AvgIpc) is 2.37. The Morgan fingerprint density at radius 1 is 1.21 bits per heavy atom. The lowest BCUT2D eigenvalue weighted by Gasteiger charge is -2.14. The smallest absolute Gasteiger partial charge is 0.208 e. The minimum absolute atomic E-state index is 0.272. The Bertz CT molecular complexity index is 472. The van der Waals surface area contributed by atoms with Gasteiger partial charge in [0.15, 0.2) is 0 Å². The second kappa shape index (κ2) is 7.89. The van der Waals surface area contributed by atoms with Crippen LogP contribution in [0.25, 0.3) is 0 Å². The van der Waals surface area contributed by atoms with Gasteiger partial charge in [-0.25, -0.2) is 13.1 Å². The van der Waals surface area contributed by atoms with E-state index < -0.39 is 10.0 Å². The van der Waals surface area contributed by atoms with Gasteiger partial charge in [0, 0.05) is 17.5 Å². The number of hydrogen-bond acceptors (Lipinski definition) is 4. The van der Waals surface area contributed by atoms with Crippen LogP contribution in [0.1, 0.15) is 24.9 Å². The molecule has 0 aliphatic carbocycles. The van der Waals surface area contributed by atoms with E-state index in [4.69, 9.17) is 0 Å². The molecule has 19 heavy (non-hydrogen) atoms. The molecule has 0 saturated carbocycles. The fourth-order valence-corrected chi connectivity index (χ4v) is 2.60. The summed E-state index contributed by atoms with van der Waals surface area (Å²) in [6, 6.07) is 8.75. The molecule has 1 atom stereocenters. The van der Waals surface area contributed by atoms with E-state index in [1.54, 1.807) is 11.8 Å². The van der Waals surface area contributed by atoms with E-state index >= 15 is 0 Å². The Labute approximate surface area is 120 Å². The van der Waals surface area contributed by atoms with Gasteiger partial charge in [-0.1, -0.05) is 12.1 Å². The minimum Gasteiger partial charge on any atom is -0.310 e. The molecule has 2 N–H and O–H groups in total. The highest BCUT2D eigenvalue weighted by Crippen LogP contribution is 2.18. The summed E-state index contributed by atoms with van der Waals surface area (Å²) in [5, 5.41) is 3.38. The topological polar surface area (TPSA) is 58.2 Å². The number of thioether (sulfide) groups is 1. The molecule has 6 heteroatoms. The van der Waals surface area contributed by atoms with Gasteiger partial charge in [-0.15, -0.1) is 11.8 Å². The minimum atomic E-state index is -3.06. The molecule has 0 spiro atoms. The van der Waals surface area contributed by atoms with Crippen LogP contribution in [0.15, 0.2) is 29.2 Å². The van der Waals surface area contributed by atoms with E-state index in [2.05, 4.69) is 47.5 Å². The molecule has 0 radical (unpaired) electrons. The molecule has 0 saturated heterocycles. The fraction of sp³-hybridized carbons (Fsp3) is 0.538. The molecule has 1 unspecified atom stereocenters. The first-order valence-electron chi connectivity index (χ1n) is 6.24. The van der Waals surface area contributed by atoms with E-state index in [0.717, 1.165) is 13.0 Å². The SMILES string of the molecule is CSc1ccc(C(C)NCCCNS(C)(=O)=O)cc1. The van der Waals surface area contributed by atoms with Crippen molar-refractivity contribution in [3.8, 4) is 0 Å². The first kappa shape index (κ1) is 16.5. The van der Waals surface area contributed by atoms with Gasteiger partial charge in [-0.3, -0.25) is 0 Å². The lowest BCUT2D eigenvalue weighted by molar-refractivity contribution is 0.548. The van der Waals surface area contributed by atoms with Crippen molar-refractivity contribution in [2.45, 2.75) is 24.3 Å². The van der Waals surface area contributed by atoms with Crippen LogP contribution in [-0.4, -0.2) is 34.0 Å². The summed E-state index contributed by atoms with van der Waals surface area (Å²) in [4.78, 5) is 1.26. The van der Waals surface area contributed by atoms with Crippen molar-refractivity contribution in [3.63, 3.8) is 0 Å². The normalized spacial score (nSPS) is 13.4. The van der Waals surface area contributed by atoms with Gasteiger partial charge in [0.1, 0.15) is 0 Å². The van der Waals surface area contributed by atoms with E-state index in [9.17, 15) is 8.42 Å². The van der Waals surface area contributed by atoms with Gasteiger partial charge in [0.05, 0.1) is 6.26 Å². The van der Waals surface area contributed by atoms with Gasteiger partial charge >= 0.3 is 0 Å². The van der Waals surface area contributed by atoms with Crippen molar-refractivity contribution in [2.75, 3.05) is 25.6 Å². The van der Waals surface area contributed by atoms with Crippen molar-refractivity contribution < 1.29 is 8.42 Å². The number of benzene rings is 1. The lowest BCUT2D eigenvalue weighted by atomic mass is 10.1. The second-order valence-electron chi connectivity index (χ2n) is 4.47. The molecule has 0 heterocycles. The maximum atomic E-state index is 10.9. The van der Waals surface area contributed by atoms with Gasteiger partial charge in [0.2, 0.25) is 10.0 Å². The molecule has 0 amide bonds. The Morgan fingerprint density at radius 2 is 1.84 bits per heavy atom. The quantitative estimate of drug-likeness (QED) is 0.569. The summed E-state index contributed by atoms with van der Waals surface area (Å²) in [6.07, 6.45) is 4.02. The van der Waals surface area contributed by atoms with Crippen LogP contribution >= 0.6 is 11.8 Å². The molecule has 108 valence electrons. The number of hydrogen-bond donors (Lipinski definition) is 2. The molecule has 0 aliphatic heterocycles. The number of nitrogens with one attached hydrogen (secondary N) is 2. The third-order valence-corrected chi connectivity index (χ3v) is 4.26. The van der Waals surface area contributed by atoms with Gasteiger partial charge in [-0.05, 0) is 43.8 Å². The Balaban J connectivity index is 2.28. The van der Waals surface area contributed by atoms with Crippen LogP contribution in [0, 0.1) is 0 Å². The van der Waals surface area contributed by atoms with Crippen LogP contribution in [0.5, 0.6) is 0 Å². The lowest BCUT2D eigenvalue weighted by Crippen LogP contribution is -2.27. The Morgan fingerprint density at radius 3 is 2.37 bits per heavy atom. The number of rotatable bonds is 8. The summed E-state index contributed by atoms with van der Waals surface area (Å²) in [7, 11) is -3.06. The van der Waals surface area contributed by atoms with Crippen LogP contribution in [0.2, 0.25) is 0 Å². The molecule has 0 aromatic heterocycles. The molecule has 0 fully saturated rings. The average molecular weight is 302 g/mol. The van der Waals surface area contributed by atoms with Crippen LogP contribution < -0.4 is 10.0 Å². The fourth-order valence-electron chi connectivity index (χ4n) is 1.67. The maximum absolute atomic E-state index is 10.9. The molecule has 0 aliphatic rings. The molecule has 1 aromatic rings. The zero-order chi connectivity index (χ0) is 14.3. The summed E-state index contributed by atoms with van der Waals surface area (Å²) < 4.78 is 24.2. The maximum Gasteiger partial charge on any atom is 0.208 e. The van der Waals surface area contributed by atoms with Crippen molar-refractivity contribution in [3.05, 3.63) is 29.8 Å². The van der Waals surface area contributed by atoms with Gasteiger partial charge < -0.3 is 5.32 Å². The highest BCUT2D eigenvalue weighted by Gasteiger charge is 2.04. The van der Waals surface area contributed by atoms with Crippen molar-refractivity contribution in [1.82, 2.24) is 10.0 Å². The molecular weight excluding hydrogens is 280 g/mol. The van der Waals surface area contributed by atoms with E-state index in [-0.39, 0.29) is 6.04 Å². The first-order chi connectivity index (χ1) is 8.92. The third kappa shape index (κ3) is 6.96. The Hall–Kier alpha value is -0.560. The molecule has 1 aromatic carbocycles. The summed E-state index contributed by atoms with van der Waals surface area (Å²) >= 11 is 1.73. The predicted octanol–water partition coefficient (Wildman–Crippen LogP) is 2.00. The zero-order valence-corrected chi connectivity index (χ0v) is 13.3. The van der Waals surface area contributed by atoms with E-state index in [1.165, 1.54) is 16.7 Å². The van der Waals surface area contributed by atoms with Crippen LogP contribution in [0.4, 0.5) is 0 Å². The van der Waals surface area contributed by atoms with E-state index in [1.807, 2.05) is 0 Å². The van der Waals surface area contributed by atoms with Crippen molar-refractivity contribution >= 4 is 21.8 Å². The predicted molar refractivity (Wildman–Crippen MR) is 82.1 cm³/mol. The highest BCUT2D eigenvalue weighted by atomic mass is 32.2. The molecular formula is C13H22N2O2S2. The largest absolute Gasteiger partial charge is 0.310 e. The highest BCUT2D eigenvalue weighted by molar-refractivity contribution is 7.98. The first-order valence-corrected chi connectivity index (χ1v) is 9.36. The summed E-state index contributed by atoms with van der Waals surface area (Å²) in [5.74, 6) is 0. The monoisotopic (exact) mass is 302 g/mol. The number of sulfonamides is 1. The standard InChI is InChI=1S/C13H22N2O2S2/c1-11(12-5-7-13(18-2)8-6-12)14-9-4-10-15-19(3,16)17/h5-8,11,14-15H,4,9-10H2,1-3H3. The van der Waals surface area contributed by atoms with E-state index in [0.29, 0.717) is 6.54 Å². The van der Waals surface area contributed by atoms with Gasteiger partial charge in [-0.2, -0.15) is 0 Å². The summed E-state index contributed by atoms with van der Waals surface area (Å²) in [5.41, 5.74) is 1.24. The third-order valence-electron chi connectivity index (χ3n) is 2.78. The summed E-state index contributed by atoms with van der Waals surface area (Å²) in [6.45, 7) is 3.37. The van der Waals surface area contributed by atoms with Gasteiger partial charge in [0.25, 0.3) is 0 Å². The second-order valence-corrected chi connectivity index (χ2v) is 7.18. The molecule has 4 nitrogen and oxygen atoms in total.